The summed E-state index contributed by atoms with van der Waals surface area (Å²) in [6.07, 6.45) is 8.95. The topological polar surface area (TPSA) is 75.7 Å². The van der Waals surface area contributed by atoms with Gasteiger partial charge in [-0.05, 0) is 49.9 Å². The zero-order chi connectivity index (χ0) is 24.6. The van der Waals surface area contributed by atoms with Crippen LogP contribution in [0.2, 0.25) is 0 Å². The summed E-state index contributed by atoms with van der Waals surface area (Å²) in [7, 11) is 0. The van der Waals surface area contributed by atoms with Crippen molar-refractivity contribution in [1.29, 1.82) is 0 Å². The predicted molar refractivity (Wildman–Crippen MR) is 139 cm³/mol. The molecular weight excluding hydrogens is 460 g/mol. The third kappa shape index (κ3) is 6.66. The van der Waals surface area contributed by atoms with E-state index in [9.17, 15) is 14.4 Å². The molecule has 1 heterocycles. The Hall–Kier alpha value is -2.80. The minimum absolute atomic E-state index is 0.0133. The fraction of sp³-hybridized carbons (Fsp3) is 0.464. The molecule has 0 saturated heterocycles. The van der Waals surface area contributed by atoms with Gasteiger partial charge in [-0.15, -0.1) is 11.8 Å². The summed E-state index contributed by atoms with van der Waals surface area (Å²) in [6, 6.07) is 15.2. The molecule has 2 amide bonds. The zero-order valence-corrected chi connectivity index (χ0v) is 21.1. The van der Waals surface area contributed by atoms with Gasteiger partial charge in [-0.2, -0.15) is 0 Å². The van der Waals surface area contributed by atoms with E-state index in [4.69, 9.17) is 4.74 Å². The van der Waals surface area contributed by atoms with Gasteiger partial charge in [0.25, 0.3) is 5.91 Å². The number of carbonyl (C=O) groups is 3. The van der Waals surface area contributed by atoms with Crippen molar-refractivity contribution in [1.82, 2.24) is 5.32 Å². The molecule has 1 aliphatic heterocycles. The van der Waals surface area contributed by atoms with Crippen LogP contribution in [0.4, 0.5) is 5.69 Å². The van der Waals surface area contributed by atoms with Gasteiger partial charge in [0.2, 0.25) is 5.91 Å². The fourth-order valence-corrected chi connectivity index (χ4v) is 5.85. The van der Waals surface area contributed by atoms with Gasteiger partial charge in [-0.1, -0.05) is 62.4 Å². The van der Waals surface area contributed by atoms with Gasteiger partial charge in [0, 0.05) is 22.7 Å². The summed E-state index contributed by atoms with van der Waals surface area (Å²) in [6.45, 7) is 1.67. The number of hydrogen-bond acceptors (Lipinski definition) is 5. The number of carbonyl (C=O) groups excluding carboxylic acids is 3. The summed E-state index contributed by atoms with van der Waals surface area (Å²) in [5.41, 5.74) is 2.38. The average molecular weight is 495 g/mol. The Morgan fingerprint density at radius 2 is 1.66 bits per heavy atom. The highest BCUT2D eigenvalue weighted by Gasteiger charge is 2.31. The van der Waals surface area contributed by atoms with E-state index in [0.29, 0.717) is 10.5 Å². The second-order valence-electron chi connectivity index (χ2n) is 9.42. The van der Waals surface area contributed by atoms with Gasteiger partial charge >= 0.3 is 5.97 Å². The molecule has 7 heteroatoms. The van der Waals surface area contributed by atoms with Crippen molar-refractivity contribution in [3.8, 4) is 0 Å². The molecule has 1 saturated carbocycles. The first kappa shape index (κ1) is 25.3. The lowest BCUT2D eigenvalue weighted by atomic mass is 9.97. The molecule has 1 N–H and O–H groups in total. The normalized spacial score (nSPS) is 18.3. The van der Waals surface area contributed by atoms with Crippen molar-refractivity contribution < 1.29 is 19.1 Å². The molecule has 0 bridgehead atoms. The number of para-hydroxylation sites is 1. The van der Waals surface area contributed by atoms with Crippen LogP contribution in [0.3, 0.4) is 0 Å². The molecule has 4 rings (SSSR count). The number of amides is 2. The highest BCUT2D eigenvalue weighted by atomic mass is 32.2. The Labute approximate surface area is 211 Å². The molecule has 2 aromatic rings. The van der Waals surface area contributed by atoms with Crippen molar-refractivity contribution in [2.45, 2.75) is 75.3 Å². The van der Waals surface area contributed by atoms with Crippen molar-refractivity contribution >= 4 is 35.2 Å². The van der Waals surface area contributed by atoms with Gasteiger partial charge in [0.15, 0.2) is 6.61 Å². The lowest BCUT2D eigenvalue weighted by Gasteiger charge is -2.22. The average Bonchev–Trinajstić information content (AvgIpc) is 3.18. The molecule has 0 spiro atoms. The first-order chi connectivity index (χ1) is 17.0. The van der Waals surface area contributed by atoms with E-state index in [0.717, 1.165) is 43.4 Å². The van der Waals surface area contributed by atoms with Gasteiger partial charge in [0.1, 0.15) is 0 Å². The third-order valence-corrected chi connectivity index (χ3v) is 7.81. The van der Waals surface area contributed by atoms with E-state index in [1.165, 1.54) is 31.0 Å². The summed E-state index contributed by atoms with van der Waals surface area (Å²) < 4.78 is 5.42. The van der Waals surface area contributed by atoms with E-state index in [1.807, 2.05) is 43.3 Å². The molecule has 2 aromatic carbocycles. The van der Waals surface area contributed by atoms with Gasteiger partial charge in [-0.3, -0.25) is 9.59 Å². The molecule has 1 aliphatic carbocycles. The second kappa shape index (κ2) is 12.2. The van der Waals surface area contributed by atoms with Crippen molar-refractivity contribution in [3.05, 3.63) is 59.7 Å². The Bertz CT molecular complexity index is 1050. The van der Waals surface area contributed by atoms with Crippen LogP contribution < -0.4 is 10.2 Å². The first-order valence-electron chi connectivity index (χ1n) is 12.6. The van der Waals surface area contributed by atoms with Crippen LogP contribution in [0.15, 0.2) is 53.4 Å². The number of nitrogens with zero attached hydrogens (tertiary/aromatic N) is 1. The molecule has 1 fully saturated rings. The van der Waals surface area contributed by atoms with Crippen LogP contribution in [0.5, 0.6) is 0 Å². The van der Waals surface area contributed by atoms with Crippen LogP contribution in [0, 0.1) is 0 Å². The van der Waals surface area contributed by atoms with Crippen LogP contribution in [0.1, 0.15) is 67.8 Å². The van der Waals surface area contributed by atoms with E-state index in [1.54, 1.807) is 17.0 Å². The summed E-state index contributed by atoms with van der Waals surface area (Å²) >= 11 is 1.32. The zero-order valence-electron chi connectivity index (χ0n) is 20.3. The van der Waals surface area contributed by atoms with Crippen LogP contribution in [-0.2, 0) is 20.7 Å². The standard InChI is InChI=1S/C28H34N2O4S/c1-20-17-21-11-7-9-15-24(21)30(20)27(32)18-34-28(33)23-14-8-10-16-25(23)35-19-26(31)29-22-12-5-3-2-4-6-13-22/h7-11,14-16,20,22H,2-6,12-13,17-19H2,1H3,(H,29,31)/t20-/m0/s1. The second-order valence-corrected chi connectivity index (χ2v) is 10.4. The lowest BCUT2D eigenvalue weighted by molar-refractivity contribution is -0.122. The molecular formula is C28H34N2O4S. The number of fused-ring (bicyclic) bond motifs is 1. The number of thioether (sulfide) groups is 1. The third-order valence-electron chi connectivity index (χ3n) is 6.74. The predicted octanol–water partition coefficient (Wildman–Crippen LogP) is 5.14. The van der Waals surface area contributed by atoms with E-state index in [-0.39, 0.29) is 36.3 Å². The molecule has 6 nitrogen and oxygen atoms in total. The minimum atomic E-state index is -0.554. The quantitative estimate of drug-likeness (QED) is 0.426. The maximum atomic E-state index is 12.9. The number of anilines is 1. The highest BCUT2D eigenvalue weighted by Crippen LogP contribution is 2.32. The maximum Gasteiger partial charge on any atom is 0.339 e. The van der Waals surface area contributed by atoms with E-state index < -0.39 is 5.97 Å². The number of ether oxygens (including phenoxy) is 1. The van der Waals surface area contributed by atoms with Crippen molar-refractivity contribution in [3.63, 3.8) is 0 Å². The Morgan fingerprint density at radius 1 is 0.971 bits per heavy atom. The van der Waals surface area contributed by atoms with Crippen LogP contribution >= 0.6 is 11.8 Å². The van der Waals surface area contributed by atoms with Crippen molar-refractivity contribution in [2.75, 3.05) is 17.3 Å². The smallest absolute Gasteiger partial charge is 0.339 e. The molecule has 1 atom stereocenters. The fourth-order valence-electron chi connectivity index (χ4n) is 4.99. The van der Waals surface area contributed by atoms with Crippen molar-refractivity contribution in [2.24, 2.45) is 0 Å². The molecule has 0 radical (unpaired) electrons. The highest BCUT2D eigenvalue weighted by molar-refractivity contribution is 8.00. The van der Waals surface area contributed by atoms with E-state index >= 15 is 0 Å². The Balaban J connectivity index is 1.30. The van der Waals surface area contributed by atoms with Crippen LogP contribution in [0.25, 0.3) is 0 Å². The number of rotatable bonds is 7. The van der Waals surface area contributed by atoms with Gasteiger partial charge in [-0.25, -0.2) is 4.79 Å². The maximum absolute atomic E-state index is 12.9. The molecule has 186 valence electrons. The van der Waals surface area contributed by atoms with Crippen LogP contribution in [-0.4, -0.2) is 42.2 Å². The molecule has 0 aromatic heterocycles. The Kier molecular flexibility index (Phi) is 8.85. The molecule has 2 aliphatic rings. The SMILES string of the molecule is C[C@H]1Cc2ccccc2N1C(=O)COC(=O)c1ccccc1SCC(=O)NC1CCCCCCC1. The minimum Gasteiger partial charge on any atom is -0.452 e. The number of benzene rings is 2. The lowest BCUT2D eigenvalue weighted by Crippen LogP contribution is -2.38. The molecule has 0 unspecified atom stereocenters. The largest absolute Gasteiger partial charge is 0.452 e. The Morgan fingerprint density at radius 3 is 2.46 bits per heavy atom. The summed E-state index contributed by atoms with van der Waals surface area (Å²) in [4.78, 5) is 40.7. The summed E-state index contributed by atoms with van der Waals surface area (Å²) in [5, 5.41) is 3.16. The number of nitrogens with one attached hydrogen (secondary N) is 1. The van der Waals surface area contributed by atoms with Gasteiger partial charge in [0.05, 0.1) is 11.3 Å². The number of hydrogen-bond donors (Lipinski definition) is 1. The molecule has 35 heavy (non-hydrogen) atoms. The number of esters is 1. The van der Waals surface area contributed by atoms with Gasteiger partial charge < -0.3 is 15.0 Å². The first-order valence-corrected chi connectivity index (χ1v) is 13.6. The monoisotopic (exact) mass is 494 g/mol. The summed E-state index contributed by atoms with van der Waals surface area (Å²) in [5.74, 6) is -0.566. The van der Waals surface area contributed by atoms with E-state index in [2.05, 4.69) is 5.32 Å².